The molecule has 5 rings (SSSR count). The summed E-state index contributed by atoms with van der Waals surface area (Å²) in [5, 5.41) is 15.6. The number of hydrogen-bond donors (Lipinski definition) is 3. The summed E-state index contributed by atoms with van der Waals surface area (Å²) in [4.78, 5) is 26.7. The van der Waals surface area contributed by atoms with Gasteiger partial charge >= 0.3 is 0 Å². The predicted molar refractivity (Wildman–Crippen MR) is 147 cm³/mol. The molecule has 36 heavy (non-hydrogen) atoms. The van der Waals surface area contributed by atoms with Crippen LogP contribution in [-0.2, 0) is 0 Å². The first-order chi connectivity index (χ1) is 17.6. The van der Waals surface area contributed by atoms with E-state index in [9.17, 15) is 4.79 Å². The number of aliphatic hydroxyl groups excluding tert-OH is 1. The SMILES string of the molecule is O=c1c(Nc2nc(Nc3ccc(N4CCN(CCO)CC4)cc3)ncc2Br)cccn1C1CCCC1. The Morgan fingerprint density at radius 1 is 1.03 bits per heavy atom. The number of aromatic nitrogens is 3. The quantitative estimate of drug-likeness (QED) is 0.383. The lowest BCUT2D eigenvalue weighted by Gasteiger charge is -2.35. The van der Waals surface area contributed by atoms with E-state index in [0.717, 1.165) is 51.3 Å². The summed E-state index contributed by atoms with van der Waals surface area (Å²) in [6, 6.07) is 12.2. The highest BCUT2D eigenvalue weighted by Gasteiger charge is 2.19. The average Bonchev–Trinajstić information content (AvgIpc) is 3.43. The number of piperazine rings is 1. The molecule has 1 saturated heterocycles. The van der Waals surface area contributed by atoms with Crippen molar-refractivity contribution in [3.63, 3.8) is 0 Å². The second kappa shape index (κ2) is 11.4. The lowest BCUT2D eigenvalue weighted by Crippen LogP contribution is -2.47. The number of rotatable bonds is 8. The molecular weight excluding hydrogens is 522 g/mol. The van der Waals surface area contributed by atoms with E-state index in [0.29, 0.717) is 21.9 Å². The number of halogens is 1. The molecule has 1 aliphatic heterocycles. The minimum absolute atomic E-state index is 0.0304. The largest absolute Gasteiger partial charge is 0.395 e. The van der Waals surface area contributed by atoms with Gasteiger partial charge in [-0.25, -0.2) is 4.98 Å². The van der Waals surface area contributed by atoms with E-state index in [2.05, 4.69) is 58.5 Å². The van der Waals surface area contributed by atoms with Crippen molar-refractivity contribution in [2.75, 3.05) is 54.9 Å². The minimum Gasteiger partial charge on any atom is -0.395 e. The molecule has 0 amide bonds. The summed E-state index contributed by atoms with van der Waals surface area (Å²) in [6.07, 6.45) is 7.99. The summed E-state index contributed by atoms with van der Waals surface area (Å²) >= 11 is 3.50. The van der Waals surface area contributed by atoms with Crippen LogP contribution in [0.4, 0.5) is 28.8 Å². The van der Waals surface area contributed by atoms with Crippen molar-refractivity contribution < 1.29 is 5.11 Å². The first kappa shape index (κ1) is 24.7. The van der Waals surface area contributed by atoms with Crippen molar-refractivity contribution in [3.05, 3.63) is 63.6 Å². The van der Waals surface area contributed by atoms with E-state index in [1.807, 2.05) is 29.0 Å². The van der Waals surface area contributed by atoms with Gasteiger partial charge in [-0.05, 0) is 65.2 Å². The highest BCUT2D eigenvalue weighted by atomic mass is 79.9. The summed E-state index contributed by atoms with van der Waals surface area (Å²) < 4.78 is 2.52. The fourth-order valence-corrected chi connectivity index (χ4v) is 5.26. The normalized spacial score (nSPS) is 16.9. The van der Waals surface area contributed by atoms with Crippen LogP contribution in [0.5, 0.6) is 0 Å². The molecule has 2 fully saturated rings. The van der Waals surface area contributed by atoms with Crippen LogP contribution in [-0.4, -0.2) is 63.9 Å². The Morgan fingerprint density at radius 2 is 1.78 bits per heavy atom. The van der Waals surface area contributed by atoms with Crippen molar-refractivity contribution in [1.29, 1.82) is 0 Å². The Hall–Kier alpha value is -2.95. The van der Waals surface area contributed by atoms with Crippen molar-refractivity contribution >= 4 is 44.8 Å². The molecule has 3 heterocycles. The zero-order chi connectivity index (χ0) is 24.9. The third kappa shape index (κ3) is 5.71. The van der Waals surface area contributed by atoms with Crippen molar-refractivity contribution in [3.8, 4) is 0 Å². The minimum atomic E-state index is -0.0304. The molecule has 1 saturated carbocycles. The smallest absolute Gasteiger partial charge is 0.274 e. The van der Waals surface area contributed by atoms with Crippen LogP contribution in [0, 0.1) is 0 Å². The van der Waals surface area contributed by atoms with E-state index in [-0.39, 0.29) is 18.2 Å². The third-order valence-corrected chi connectivity index (χ3v) is 7.55. The second-order valence-electron chi connectivity index (χ2n) is 9.31. The Bertz CT molecular complexity index is 1220. The predicted octanol–water partition coefficient (Wildman–Crippen LogP) is 4.12. The van der Waals surface area contributed by atoms with E-state index < -0.39 is 0 Å². The maximum Gasteiger partial charge on any atom is 0.274 e. The molecule has 0 radical (unpaired) electrons. The third-order valence-electron chi connectivity index (χ3n) is 6.97. The van der Waals surface area contributed by atoms with Crippen LogP contribution in [0.25, 0.3) is 0 Å². The molecule has 10 heteroatoms. The average molecular weight is 554 g/mol. The van der Waals surface area contributed by atoms with Gasteiger partial charge in [-0.2, -0.15) is 4.98 Å². The lowest BCUT2D eigenvalue weighted by atomic mass is 10.2. The van der Waals surface area contributed by atoms with Crippen LogP contribution in [0.1, 0.15) is 31.7 Å². The zero-order valence-electron chi connectivity index (χ0n) is 20.2. The zero-order valence-corrected chi connectivity index (χ0v) is 21.8. The first-order valence-corrected chi connectivity index (χ1v) is 13.4. The number of anilines is 5. The van der Waals surface area contributed by atoms with Crippen molar-refractivity contribution in [2.45, 2.75) is 31.7 Å². The summed E-state index contributed by atoms with van der Waals surface area (Å²) in [5.41, 5.74) is 2.52. The molecule has 190 valence electrons. The fraction of sp³-hybridized carbons (Fsp3) is 0.423. The topological polar surface area (TPSA) is 98.6 Å². The maximum absolute atomic E-state index is 13.1. The van der Waals surface area contributed by atoms with Gasteiger partial charge in [-0.1, -0.05) is 12.8 Å². The molecule has 3 aromatic rings. The van der Waals surface area contributed by atoms with Gasteiger partial charge in [-0.3, -0.25) is 9.69 Å². The molecule has 2 aromatic heterocycles. The lowest BCUT2D eigenvalue weighted by molar-refractivity contribution is 0.189. The number of hydrogen-bond acceptors (Lipinski definition) is 8. The number of benzene rings is 1. The van der Waals surface area contributed by atoms with Crippen LogP contribution in [0.2, 0.25) is 0 Å². The number of nitrogens with one attached hydrogen (secondary N) is 2. The van der Waals surface area contributed by atoms with Gasteiger partial charge in [-0.15, -0.1) is 0 Å². The molecule has 9 nitrogen and oxygen atoms in total. The van der Waals surface area contributed by atoms with E-state index >= 15 is 0 Å². The summed E-state index contributed by atoms with van der Waals surface area (Å²) in [6.45, 7) is 4.74. The van der Waals surface area contributed by atoms with Crippen molar-refractivity contribution in [1.82, 2.24) is 19.4 Å². The molecule has 0 spiro atoms. The van der Waals surface area contributed by atoms with Crippen LogP contribution < -0.4 is 21.1 Å². The Labute approximate surface area is 219 Å². The molecule has 0 bridgehead atoms. The monoisotopic (exact) mass is 553 g/mol. The fourth-order valence-electron chi connectivity index (χ4n) is 4.97. The van der Waals surface area contributed by atoms with Crippen LogP contribution in [0.15, 0.2) is 58.1 Å². The second-order valence-corrected chi connectivity index (χ2v) is 10.2. The number of aliphatic hydroxyl groups is 1. The first-order valence-electron chi connectivity index (χ1n) is 12.6. The van der Waals surface area contributed by atoms with E-state index in [4.69, 9.17) is 5.11 Å². The Kier molecular flexibility index (Phi) is 7.84. The van der Waals surface area contributed by atoms with Gasteiger partial charge in [0.05, 0.1) is 11.1 Å². The Balaban J connectivity index is 1.26. The Morgan fingerprint density at radius 3 is 2.50 bits per heavy atom. The van der Waals surface area contributed by atoms with Gasteiger partial charge in [0.25, 0.3) is 5.56 Å². The molecule has 1 aromatic carbocycles. The van der Waals surface area contributed by atoms with Gasteiger partial charge < -0.3 is 25.2 Å². The van der Waals surface area contributed by atoms with Crippen LogP contribution >= 0.6 is 15.9 Å². The number of pyridine rings is 1. The number of β-amino-alcohol motifs (C(OH)–C–C–N with tert-alkyl or cyclic N) is 1. The highest BCUT2D eigenvalue weighted by Crippen LogP contribution is 2.29. The van der Waals surface area contributed by atoms with Gasteiger partial charge in [0.15, 0.2) is 5.82 Å². The van der Waals surface area contributed by atoms with E-state index in [1.165, 1.54) is 18.5 Å². The highest BCUT2D eigenvalue weighted by molar-refractivity contribution is 9.10. The van der Waals surface area contributed by atoms with E-state index in [1.54, 1.807) is 12.3 Å². The van der Waals surface area contributed by atoms with Gasteiger partial charge in [0.1, 0.15) is 5.69 Å². The van der Waals surface area contributed by atoms with Crippen molar-refractivity contribution in [2.24, 2.45) is 0 Å². The molecule has 0 unspecified atom stereocenters. The summed E-state index contributed by atoms with van der Waals surface area (Å²) in [7, 11) is 0. The number of nitrogens with zero attached hydrogens (tertiary/aromatic N) is 5. The van der Waals surface area contributed by atoms with Gasteiger partial charge in [0.2, 0.25) is 5.95 Å². The molecule has 3 N–H and O–H groups in total. The molecule has 0 atom stereocenters. The standard InChI is InChI=1S/C26H32BrN7O2/c27-22-18-28-26(29-19-7-9-20(10-8-19)33-14-12-32(13-15-33)16-17-35)31-24(22)30-23-6-3-11-34(25(23)36)21-4-1-2-5-21/h3,6-11,18,21,35H,1-2,4-5,12-17H2,(H2,28,29,30,31). The maximum atomic E-state index is 13.1. The molecule has 1 aliphatic carbocycles. The van der Waals surface area contributed by atoms with Crippen LogP contribution in [0.3, 0.4) is 0 Å². The summed E-state index contributed by atoms with van der Waals surface area (Å²) in [5.74, 6) is 0.976. The molecular formula is C26H32BrN7O2. The van der Waals surface area contributed by atoms with Gasteiger partial charge in [0, 0.05) is 62.5 Å². The molecule has 2 aliphatic rings.